The van der Waals surface area contributed by atoms with Crippen molar-refractivity contribution in [2.24, 2.45) is 0 Å². The van der Waals surface area contributed by atoms with Gasteiger partial charge in [0.15, 0.2) is 16.3 Å². The van der Waals surface area contributed by atoms with Gasteiger partial charge in [0.1, 0.15) is 36.0 Å². The SMILES string of the molecule is [C-]#[N+]CCOP(OC1C[C@H](n2cnc3c(OC)nc(NC(=S)NC)nc32)O[C@@H]1COC(c1ccccc1)(c1ccc(OC)cc1)c1ccc(OC)cc1)N(C(C)C)C(C)C. The number of rotatable bonds is 19. The number of benzene rings is 3. The molecule has 6 rings (SSSR count). The van der Waals surface area contributed by atoms with Gasteiger partial charge in [-0.25, -0.2) is 16.2 Å². The Labute approximate surface area is 358 Å². The van der Waals surface area contributed by atoms with E-state index in [1.54, 1.807) is 27.6 Å². The molecule has 3 aromatic carbocycles. The number of fused-ring (bicyclic) bond motifs is 1. The molecule has 3 heterocycles. The molecule has 0 aliphatic carbocycles. The van der Waals surface area contributed by atoms with E-state index in [2.05, 4.69) is 69.9 Å². The van der Waals surface area contributed by atoms with Gasteiger partial charge in [0.25, 0.3) is 8.53 Å². The fourth-order valence-electron chi connectivity index (χ4n) is 7.28. The Kier molecular flexibility index (Phi) is 15.2. The average molecular weight is 857 g/mol. The van der Waals surface area contributed by atoms with E-state index >= 15 is 0 Å². The number of hydrogen-bond acceptors (Lipinski definition) is 12. The number of ether oxygens (including phenoxy) is 5. The molecule has 0 amide bonds. The lowest BCUT2D eigenvalue weighted by atomic mass is 9.80. The highest BCUT2D eigenvalue weighted by molar-refractivity contribution is 7.80. The van der Waals surface area contributed by atoms with Gasteiger partial charge in [-0.05, 0) is 80.9 Å². The van der Waals surface area contributed by atoms with E-state index in [9.17, 15) is 0 Å². The van der Waals surface area contributed by atoms with Crippen LogP contribution in [0.3, 0.4) is 0 Å². The predicted octanol–water partition coefficient (Wildman–Crippen LogP) is 7.73. The fourth-order valence-corrected chi connectivity index (χ4v) is 9.12. The average Bonchev–Trinajstić information content (AvgIpc) is 3.87. The molecular formula is C43H53N8O7PS. The van der Waals surface area contributed by atoms with Crippen molar-refractivity contribution in [3.63, 3.8) is 0 Å². The molecule has 1 aliphatic heterocycles. The lowest BCUT2D eigenvalue weighted by Gasteiger charge is -2.39. The van der Waals surface area contributed by atoms with Gasteiger partial charge in [0.2, 0.25) is 18.4 Å². The van der Waals surface area contributed by atoms with Crippen molar-refractivity contribution in [2.45, 2.75) is 70.2 Å². The molecule has 0 saturated carbocycles. The molecule has 2 N–H and O–H groups in total. The number of nitrogens with zero attached hydrogens (tertiary/aromatic N) is 6. The van der Waals surface area contributed by atoms with Gasteiger partial charge in [-0.3, -0.25) is 4.57 Å². The van der Waals surface area contributed by atoms with E-state index in [-0.39, 0.29) is 43.7 Å². The number of thiocarbonyl (C=S) groups is 1. The Morgan fingerprint density at radius 1 is 0.933 bits per heavy atom. The maximum atomic E-state index is 7.42. The molecule has 4 atom stereocenters. The van der Waals surface area contributed by atoms with Crippen LogP contribution < -0.4 is 24.8 Å². The van der Waals surface area contributed by atoms with Crippen molar-refractivity contribution in [2.75, 3.05) is 53.5 Å². The highest BCUT2D eigenvalue weighted by Crippen LogP contribution is 2.51. The third-order valence-corrected chi connectivity index (χ3v) is 12.5. The van der Waals surface area contributed by atoms with Gasteiger partial charge in [-0.15, -0.1) is 0 Å². The maximum Gasteiger partial charge on any atom is 0.259 e. The highest BCUT2D eigenvalue weighted by atomic mass is 32.1. The second kappa shape index (κ2) is 20.5. The topological polar surface area (TPSA) is 140 Å². The molecule has 0 bridgehead atoms. The van der Waals surface area contributed by atoms with Crippen molar-refractivity contribution >= 4 is 43.0 Å². The van der Waals surface area contributed by atoms with Gasteiger partial charge < -0.3 is 48.2 Å². The van der Waals surface area contributed by atoms with Crippen LogP contribution in [-0.4, -0.2) is 102 Å². The van der Waals surface area contributed by atoms with Crippen molar-refractivity contribution in [1.29, 1.82) is 0 Å². The van der Waals surface area contributed by atoms with Crippen LogP contribution in [0.15, 0.2) is 85.2 Å². The Balaban J connectivity index is 1.45. The van der Waals surface area contributed by atoms with Crippen LogP contribution in [0.1, 0.15) is 57.0 Å². The zero-order valence-electron chi connectivity index (χ0n) is 35.2. The van der Waals surface area contributed by atoms with Gasteiger partial charge in [-0.2, -0.15) is 9.97 Å². The van der Waals surface area contributed by atoms with Crippen LogP contribution in [-0.2, 0) is 24.1 Å². The van der Waals surface area contributed by atoms with Crippen molar-refractivity contribution < 1.29 is 32.7 Å². The molecule has 318 valence electrons. The van der Waals surface area contributed by atoms with Crippen molar-refractivity contribution in [3.05, 3.63) is 113 Å². The quantitative estimate of drug-likeness (QED) is 0.0275. The second-order valence-electron chi connectivity index (χ2n) is 14.4. The number of nitrogens with one attached hydrogen (secondary N) is 2. The van der Waals surface area contributed by atoms with Crippen LogP contribution in [0.2, 0.25) is 0 Å². The van der Waals surface area contributed by atoms with Crippen molar-refractivity contribution in [3.8, 4) is 17.4 Å². The first-order chi connectivity index (χ1) is 29.1. The molecule has 0 spiro atoms. The van der Waals surface area contributed by atoms with Crippen molar-refractivity contribution in [1.82, 2.24) is 29.5 Å². The van der Waals surface area contributed by atoms with Gasteiger partial charge in [0, 0.05) is 25.6 Å². The van der Waals surface area contributed by atoms with Crippen LogP contribution in [0.4, 0.5) is 5.95 Å². The Morgan fingerprint density at radius 2 is 1.55 bits per heavy atom. The van der Waals surface area contributed by atoms with Gasteiger partial charge in [-0.1, -0.05) is 54.6 Å². The van der Waals surface area contributed by atoms with Crippen LogP contribution >= 0.6 is 20.7 Å². The van der Waals surface area contributed by atoms with Crippen LogP contribution in [0.5, 0.6) is 17.4 Å². The zero-order valence-corrected chi connectivity index (χ0v) is 36.9. The standard InChI is InChI=1S/C43H53N8O7PS/c1-28(2)51(29(3)4)59(56-24-23-44-5)58-35-25-37(50-27-46-38-39(50)47-41(48-40(38)54-9)49-42(60)45-6)57-36(35)26-55-43(30-13-11-10-12-14-30,31-15-19-33(52-7)20-16-31)32-17-21-34(53-8)22-18-32/h10-22,27-29,35-37H,23-26H2,1-4,6-9H3,(H2,45,47,48,49,60)/t35?,36-,37-,59?/m1/s1. The summed E-state index contributed by atoms with van der Waals surface area (Å²) in [5.41, 5.74) is 2.49. The molecular weight excluding hydrogens is 804 g/mol. The number of imidazole rings is 1. The minimum absolute atomic E-state index is 0.0871. The molecule has 5 aromatic rings. The molecule has 60 heavy (non-hydrogen) atoms. The normalized spacial score (nSPS) is 17.2. The van der Waals surface area contributed by atoms with Gasteiger partial charge in [0.05, 0.1) is 40.4 Å². The lowest BCUT2D eigenvalue weighted by molar-refractivity contribution is -0.0911. The first-order valence-corrected chi connectivity index (χ1v) is 21.2. The Morgan fingerprint density at radius 3 is 2.10 bits per heavy atom. The number of anilines is 1. The number of hydrogen-bond donors (Lipinski definition) is 2. The van der Waals surface area contributed by atoms with E-state index in [1.807, 2.05) is 71.3 Å². The summed E-state index contributed by atoms with van der Waals surface area (Å²) in [5.74, 6) is 1.95. The summed E-state index contributed by atoms with van der Waals surface area (Å²) in [7, 11) is 4.88. The first kappa shape index (κ1) is 44.6. The predicted molar refractivity (Wildman–Crippen MR) is 235 cm³/mol. The van der Waals surface area contributed by atoms with Crippen LogP contribution in [0, 0.1) is 6.57 Å². The molecule has 15 nitrogen and oxygen atoms in total. The summed E-state index contributed by atoms with van der Waals surface area (Å²) in [6, 6.07) is 26.1. The summed E-state index contributed by atoms with van der Waals surface area (Å²) in [5, 5.41) is 6.23. The monoisotopic (exact) mass is 856 g/mol. The largest absolute Gasteiger partial charge is 0.497 e. The Hall–Kier alpha value is -4.98. The first-order valence-electron chi connectivity index (χ1n) is 19.7. The molecule has 1 fully saturated rings. The second-order valence-corrected chi connectivity index (χ2v) is 16.2. The third kappa shape index (κ3) is 9.80. The van der Waals surface area contributed by atoms with E-state index < -0.39 is 32.6 Å². The summed E-state index contributed by atoms with van der Waals surface area (Å²) < 4.78 is 48.7. The van der Waals surface area contributed by atoms with E-state index in [0.29, 0.717) is 22.7 Å². The van der Waals surface area contributed by atoms with E-state index in [1.165, 1.54) is 7.11 Å². The third-order valence-electron chi connectivity index (χ3n) is 10.0. The molecule has 2 unspecified atom stereocenters. The zero-order chi connectivity index (χ0) is 42.8. The maximum absolute atomic E-state index is 7.42. The summed E-state index contributed by atoms with van der Waals surface area (Å²) in [4.78, 5) is 17.5. The number of aromatic nitrogens is 4. The smallest absolute Gasteiger partial charge is 0.259 e. The highest BCUT2D eigenvalue weighted by Gasteiger charge is 2.45. The molecule has 2 aromatic heterocycles. The summed E-state index contributed by atoms with van der Waals surface area (Å²) >= 11 is 5.35. The molecule has 1 saturated heterocycles. The Bertz CT molecular complexity index is 2150. The summed E-state index contributed by atoms with van der Waals surface area (Å²) in [6.07, 6.45) is 0.296. The van der Waals surface area contributed by atoms with E-state index in [0.717, 1.165) is 28.2 Å². The minimum Gasteiger partial charge on any atom is -0.497 e. The fraction of sp³-hybridized carbons (Fsp3) is 0.419. The minimum atomic E-state index is -1.65. The lowest BCUT2D eigenvalue weighted by Crippen LogP contribution is -2.39. The van der Waals surface area contributed by atoms with Crippen LogP contribution in [0.25, 0.3) is 16.0 Å². The summed E-state index contributed by atoms with van der Waals surface area (Å²) in [6.45, 7) is 16.4. The van der Waals surface area contributed by atoms with E-state index in [4.69, 9.17) is 56.5 Å². The molecule has 0 radical (unpaired) electrons. The molecule has 17 heteroatoms. The van der Waals surface area contributed by atoms with Gasteiger partial charge >= 0.3 is 0 Å². The number of methoxy groups -OCH3 is 3. The molecule has 1 aliphatic rings.